The molecule has 0 aliphatic rings. The number of anilines is 1. The zero-order chi connectivity index (χ0) is 14.5. The zero-order valence-corrected chi connectivity index (χ0v) is 11.6. The molecule has 1 amide bonds. The van der Waals surface area contributed by atoms with Gasteiger partial charge in [-0.25, -0.2) is 0 Å². The summed E-state index contributed by atoms with van der Waals surface area (Å²) >= 11 is 5.93. The highest BCUT2D eigenvalue weighted by Gasteiger charge is 2.08. The molecule has 2 aromatic carbocycles. The fourth-order valence-electron chi connectivity index (χ4n) is 1.77. The topological polar surface area (TPSA) is 58.6 Å². The van der Waals surface area contributed by atoms with Gasteiger partial charge in [0.1, 0.15) is 11.5 Å². The van der Waals surface area contributed by atoms with Gasteiger partial charge in [-0.1, -0.05) is 23.7 Å². The number of carbonyl (C=O) groups excluding carboxylic acids is 1. The molecule has 4 nitrogen and oxygen atoms in total. The second-order valence-electron chi connectivity index (χ2n) is 4.24. The lowest BCUT2D eigenvalue weighted by Crippen LogP contribution is -2.14. The highest BCUT2D eigenvalue weighted by atomic mass is 35.5. The third-order valence-corrected chi connectivity index (χ3v) is 3.04. The average Bonchev–Trinajstić information content (AvgIpc) is 2.42. The summed E-state index contributed by atoms with van der Waals surface area (Å²) in [7, 11) is 1.58. The second kappa shape index (κ2) is 6.30. The summed E-state index contributed by atoms with van der Waals surface area (Å²) in [4.78, 5) is 11.9. The molecule has 0 spiro atoms. The van der Waals surface area contributed by atoms with Crippen LogP contribution in [0.1, 0.15) is 5.56 Å². The molecule has 0 saturated carbocycles. The molecule has 0 atom stereocenters. The standard InChI is InChI=1S/C15H14ClNO3/c1-20-12-4-2-3-10(7-12)8-15(19)17-14-6-5-11(18)9-13(14)16/h2-7,9,18H,8H2,1H3,(H,17,19). The van der Waals surface area contributed by atoms with E-state index in [4.69, 9.17) is 16.3 Å². The molecule has 20 heavy (non-hydrogen) atoms. The summed E-state index contributed by atoms with van der Waals surface area (Å²) in [5, 5.41) is 12.2. The van der Waals surface area contributed by atoms with Gasteiger partial charge in [-0.3, -0.25) is 4.79 Å². The van der Waals surface area contributed by atoms with Crippen LogP contribution in [0.5, 0.6) is 11.5 Å². The van der Waals surface area contributed by atoms with Gasteiger partial charge in [-0.2, -0.15) is 0 Å². The average molecular weight is 292 g/mol. The summed E-state index contributed by atoms with van der Waals surface area (Å²) in [6.45, 7) is 0. The lowest BCUT2D eigenvalue weighted by atomic mass is 10.1. The van der Waals surface area contributed by atoms with Crippen molar-refractivity contribution in [1.82, 2.24) is 0 Å². The number of benzene rings is 2. The number of carbonyl (C=O) groups is 1. The normalized spacial score (nSPS) is 10.1. The lowest BCUT2D eigenvalue weighted by molar-refractivity contribution is -0.115. The molecule has 0 bridgehead atoms. The van der Waals surface area contributed by atoms with Crippen molar-refractivity contribution >= 4 is 23.2 Å². The van der Waals surface area contributed by atoms with E-state index in [9.17, 15) is 9.90 Å². The van der Waals surface area contributed by atoms with Crippen LogP contribution in [0.2, 0.25) is 5.02 Å². The SMILES string of the molecule is COc1cccc(CC(=O)Nc2ccc(O)cc2Cl)c1. The molecule has 2 N–H and O–H groups in total. The summed E-state index contributed by atoms with van der Waals surface area (Å²) in [6, 6.07) is 11.7. The quantitative estimate of drug-likeness (QED) is 0.850. The summed E-state index contributed by atoms with van der Waals surface area (Å²) in [5.74, 6) is 0.574. The monoisotopic (exact) mass is 291 g/mol. The minimum Gasteiger partial charge on any atom is -0.508 e. The van der Waals surface area contributed by atoms with E-state index in [1.54, 1.807) is 19.2 Å². The number of ether oxygens (including phenoxy) is 1. The second-order valence-corrected chi connectivity index (χ2v) is 4.65. The molecule has 0 radical (unpaired) electrons. The van der Waals surface area contributed by atoms with Gasteiger partial charge in [0.05, 0.1) is 24.2 Å². The number of rotatable bonds is 4. The van der Waals surface area contributed by atoms with E-state index in [2.05, 4.69) is 5.32 Å². The number of hydrogen-bond donors (Lipinski definition) is 2. The molecule has 104 valence electrons. The summed E-state index contributed by atoms with van der Waals surface area (Å²) < 4.78 is 5.11. The Morgan fingerprint density at radius 2 is 2.10 bits per heavy atom. The van der Waals surface area contributed by atoms with Crippen LogP contribution in [0.4, 0.5) is 5.69 Å². The Bertz CT molecular complexity index is 628. The van der Waals surface area contributed by atoms with E-state index in [-0.39, 0.29) is 18.1 Å². The van der Waals surface area contributed by atoms with Crippen molar-refractivity contribution < 1.29 is 14.6 Å². The molecule has 0 aliphatic carbocycles. The number of hydrogen-bond acceptors (Lipinski definition) is 3. The minimum atomic E-state index is -0.189. The Hall–Kier alpha value is -2.20. The molecule has 0 heterocycles. The van der Waals surface area contributed by atoms with E-state index in [1.165, 1.54) is 12.1 Å². The van der Waals surface area contributed by atoms with Crippen LogP contribution in [0, 0.1) is 0 Å². The van der Waals surface area contributed by atoms with Gasteiger partial charge in [0.25, 0.3) is 0 Å². The van der Waals surface area contributed by atoms with Gasteiger partial charge in [-0.15, -0.1) is 0 Å². The van der Waals surface area contributed by atoms with Gasteiger partial charge < -0.3 is 15.2 Å². The first-order valence-electron chi connectivity index (χ1n) is 6.00. The summed E-state index contributed by atoms with van der Waals surface area (Å²) in [6.07, 6.45) is 0.217. The fourth-order valence-corrected chi connectivity index (χ4v) is 1.99. The molecule has 0 fully saturated rings. The predicted molar refractivity (Wildman–Crippen MR) is 78.4 cm³/mol. The van der Waals surface area contributed by atoms with Crippen molar-refractivity contribution in [1.29, 1.82) is 0 Å². The molecule has 0 unspecified atom stereocenters. The zero-order valence-electron chi connectivity index (χ0n) is 10.9. The first-order valence-corrected chi connectivity index (χ1v) is 6.37. The Balaban J connectivity index is 2.05. The van der Waals surface area contributed by atoms with Crippen LogP contribution in [0.25, 0.3) is 0 Å². The van der Waals surface area contributed by atoms with E-state index in [0.29, 0.717) is 16.5 Å². The first-order chi connectivity index (χ1) is 9.58. The number of aromatic hydroxyl groups is 1. The molecule has 0 aliphatic heterocycles. The van der Waals surface area contributed by atoms with Crippen molar-refractivity contribution in [3.8, 4) is 11.5 Å². The number of halogens is 1. The predicted octanol–water partition coefficient (Wildman–Crippen LogP) is 3.24. The number of amides is 1. The van der Waals surface area contributed by atoms with E-state index in [1.807, 2.05) is 18.2 Å². The van der Waals surface area contributed by atoms with Gasteiger partial charge in [0.2, 0.25) is 5.91 Å². The van der Waals surface area contributed by atoms with E-state index >= 15 is 0 Å². The van der Waals surface area contributed by atoms with Gasteiger partial charge in [-0.05, 0) is 29.8 Å². The van der Waals surface area contributed by atoms with Crippen molar-refractivity contribution in [2.45, 2.75) is 6.42 Å². The van der Waals surface area contributed by atoms with Crippen LogP contribution in [0.3, 0.4) is 0 Å². The molecule has 0 aromatic heterocycles. The molecule has 5 heteroatoms. The van der Waals surface area contributed by atoms with Crippen molar-refractivity contribution in [2.24, 2.45) is 0 Å². The Morgan fingerprint density at radius 3 is 2.80 bits per heavy atom. The maximum atomic E-state index is 11.9. The number of phenols is 1. The van der Waals surface area contributed by atoms with Crippen molar-refractivity contribution in [2.75, 3.05) is 12.4 Å². The smallest absolute Gasteiger partial charge is 0.228 e. The van der Waals surface area contributed by atoms with Crippen LogP contribution in [-0.4, -0.2) is 18.1 Å². The highest BCUT2D eigenvalue weighted by Crippen LogP contribution is 2.26. The maximum Gasteiger partial charge on any atom is 0.228 e. The third kappa shape index (κ3) is 3.65. The minimum absolute atomic E-state index is 0.0563. The lowest BCUT2D eigenvalue weighted by Gasteiger charge is -2.08. The van der Waals surface area contributed by atoms with Gasteiger partial charge in [0.15, 0.2) is 0 Å². The Kier molecular flexibility index (Phi) is 4.48. The van der Waals surface area contributed by atoms with E-state index < -0.39 is 0 Å². The van der Waals surface area contributed by atoms with Crippen LogP contribution >= 0.6 is 11.6 Å². The summed E-state index contributed by atoms with van der Waals surface area (Å²) in [5.41, 5.74) is 1.31. The van der Waals surface area contributed by atoms with Gasteiger partial charge in [0, 0.05) is 6.07 Å². The highest BCUT2D eigenvalue weighted by molar-refractivity contribution is 6.33. The third-order valence-electron chi connectivity index (χ3n) is 2.73. The fraction of sp³-hybridized carbons (Fsp3) is 0.133. The number of phenolic OH excluding ortho intramolecular Hbond substituents is 1. The Morgan fingerprint density at radius 1 is 1.30 bits per heavy atom. The Labute approximate surface area is 122 Å². The van der Waals surface area contributed by atoms with Crippen molar-refractivity contribution in [3.63, 3.8) is 0 Å². The van der Waals surface area contributed by atoms with Crippen LogP contribution in [0.15, 0.2) is 42.5 Å². The molecule has 0 saturated heterocycles. The van der Waals surface area contributed by atoms with E-state index in [0.717, 1.165) is 5.56 Å². The maximum absolute atomic E-state index is 11.9. The van der Waals surface area contributed by atoms with Gasteiger partial charge >= 0.3 is 0 Å². The van der Waals surface area contributed by atoms with Crippen LogP contribution < -0.4 is 10.1 Å². The van der Waals surface area contributed by atoms with Crippen molar-refractivity contribution in [3.05, 3.63) is 53.1 Å². The molecule has 2 rings (SSSR count). The molecular weight excluding hydrogens is 278 g/mol. The first kappa shape index (κ1) is 14.2. The molecular formula is C15H14ClNO3. The molecule has 2 aromatic rings. The largest absolute Gasteiger partial charge is 0.508 e. The number of methoxy groups -OCH3 is 1. The van der Waals surface area contributed by atoms with Crippen LogP contribution in [-0.2, 0) is 11.2 Å². The number of nitrogens with one attached hydrogen (secondary N) is 1.